The molecule has 1 aliphatic carbocycles. The summed E-state index contributed by atoms with van der Waals surface area (Å²) in [4.78, 5) is 24.2. The van der Waals surface area contributed by atoms with Crippen molar-refractivity contribution >= 4 is 29.1 Å². The summed E-state index contributed by atoms with van der Waals surface area (Å²) in [6, 6.07) is 3.58. The van der Waals surface area contributed by atoms with E-state index < -0.39 is 0 Å². The summed E-state index contributed by atoms with van der Waals surface area (Å²) in [6.45, 7) is 1.84. The second-order valence-electron chi connectivity index (χ2n) is 6.28. The molecule has 0 unspecified atom stereocenters. The summed E-state index contributed by atoms with van der Waals surface area (Å²) in [5, 5.41) is 6.26. The Morgan fingerprint density at radius 1 is 1.17 bits per heavy atom. The molecule has 2 N–H and O–H groups in total. The van der Waals surface area contributed by atoms with Crippen LogP contribution in [0.4, 0.5) is 5.69 Å². The molecule has 1 fully saturated rings. The van der Waals surface area contributed by atoms with E-state index >= 15 is 0 Å². The number of ether oxygens (including phenoxy) is 1. The third-order valence-electron chi connectivity index (χ3n) is 4.30. The van der Waals surface area contributed by atoms with Crippen molar-refractivity contribution in [2.24, 2.45) is 0 Å². The van der Waals surface area contributed by atoms with Crippen molar-refractivity contribution in [1.82, 2.24) is 5.32 Å². The molecule has 0 heterocycles. The third-order valence-corrected chi connectivity index (χ3v) is 4.70. The molecule has 1 aromatic rings. The molecule has 1 aliphatic rings. The maximum absolute atomic E-state index is 12.1. The molecule has 0 aromatic heterocycles. The Hall–Kier alpha value is -1.75. The van der Waals surface area contributed by atoms with Gasteiger partial charge in [0.25, 0.3) is 0 Å². The Morgan fingerprint density at radius 3 is 2.46 bits per heavy atom. The summed E-state index contributed by atoms with van der Waals surface area (Å²) in [6.07, 6.45) is 6.53. The van der Waals surface area contributed by atoms with Gasteiger partial charge < -0.3 is 15.4 Å². The zero-order valence-electron chi connectivity index (χ0n) is 14.3. The largest absolute Gasteiger partial charge is 0.495 e. The number of nitrogens with one attached hydrogen (secondary N) is 2. The van der Waals surface area contributed by atoms with Crippen LogP contribution in [0.5, 0.6) is 5.75 Å². The van der Waals surface area contributed by atoms with Gasteiger partial charge in [-0.25, -0.2) is 0 Å². The van der Waals surface area contributed by atoms with E-state index in [4.69, 9.17) is 16.3 Å². The first kappa shape index (κ1) is 18.6. The van der Waals surface area contributed by atoms with E-state index in [0.717, 1.165) is 31.2 Å². The monoisotopic (exact) mass is 352 g/mol. The molecule has 0 bridgehead atoms. The molecular weight excluding hydrogens is 328 g/mol. The van der Waals surface area contributed by atoms with Gasteiger partial charge in [-0.15, -0.1) is 0 Å². The SMILES string of the molecule is COc1cc(Cl)c(C)cc1NC(=O)CC(=O)NC1CCCCCC1. The molecule has 0 radical (unpaired) electrons. The van der Waals surface area contributed by atoms with Crippen LogP contribution in [0.3, 0.4) is 0 Å². The van der Waals surface area contributed by atoms with E-state index in [0.29, 0.717) is 16.5 Å². The maximum atomic E-state index is 12.1. The Balaban J connectivity index is 1.90. The summed E-state index contributed by atoms with van der Waals surface area (Å²) in [5.74, 6) is -0.117. The molecule has 0 saturated heterocycles. The quantitative estimate of drug-likeness (QED) is 0.625. The summed E-state index contributed by atoms with van der Waals surface area (Å²) in [5.41, 5.74) is 1.35. The molecule has 0 atom stereocenters. The first-order valence-electron chi connectivity index (χ1n) is 8.43. The first-order valence-corrected chi connectivity index (χ1v) is 8.80. The van der Waals surface area contributed by atoms with E-state index in [1.807, 2.05) is 6.92 Å². The fourth-order valence-corrected chi connectivity index (χ4v) is 3.13. The predicted molar refractivity (Wildman–Crippen MR) is 95.6 cm³/mol. The number of carbonyl (C=O) groups is 2. The van der Waals surface area contributed by atoms with Crippen molar-refractivity contribution in [3.63, 3.8) is 0 Å². The van der Waals surface area contributed by atoms with E-state index in [1.54, 1.807) is 12.1 Å². The minimum Gasteiger partial charge on any atom is -0.495 e. The van der Waals surface area contributed by atoms with Gasteiger partial charge in [-0.05, 0) is 31.4 Å². The van der Waals surface area contributed by atoms with Gasteiger partial charge in [0.05, 0.1) is 12.8 Å². The van der Waals surface area contributed by atoms with Crippen LogP contribution in [0.15, 0.2) is 12.1 Å². The minimum absolute atomic E-state index is 0.193. The number of rotatable bonds is 5. The van der Waals surface area contributed by atoms with Crippen molar-refractivity contribution < 1.29 is 14.3 Å². The third kappa shape index (κ3) is 5.41. The molecule has 0 spiro atoms. The van der Waals surface area contributed by atoms with Gasteiger partial charge in [0.1, 0.15) is 12.2 Å². The van der Waals surface area contributed by atoms with Gasteiger partial charge in [0.15, 0.2) is 0 Å². The van der Waals surface area contributed by atoms with Crippen molar-refractivity contribution in [3.05, 3.63) is 22.7 Å². The Bertz CT molecular complexity index is 596. The van der Waals surface area contributed by atoms with Crippen molar-refractivity contribution in [3.8, 4) is 5.75 Å². The topological polar surface area (TPSA) is 67.4 Å². The van der Waals surface area contributed by atoms with Gasteiger partial charge in [-0.3, -0.25) is 9.59 Å². The summed E-state index contributed by atoms with van der Waals surface area (Å²) < 4.78 is 5.22. The zero-order chi connectivity index (χ0) is 17.5. The highest BCUT2D eigenvalue weighted by Crippen LogP contribution is 2.31. The summed E-state index contributed by atoms with van der Waals surface area (Å²) in [7, 11) is 1.51. The molecule has 6 heteroatoms. The lowest BCUT2D eigenvalue weighted by Crippen LogP contribution is -2.36. The van der Waals surface area contributed by atoms with Crippen LogP contribution >= 0.6 is 11.6 Å². The van der Waals surface area contributed by atoms with Gasteiger partial charge in [0.2, 0.25) is 11.8 Å². The van der Waals surface area contributed by atoms with Crippen LogP contribution in [0.2, 0.25) is 5.02 Å². The van der Waals surface area contributed by atoms with E-state index in [2.05, 4.69) is 10.6 Å². The lowest BCUT2D eigenvalue weighted by Gasteiger charge is -2.16. The molecule has 24 heavy (non-hydrogen) atoms. The average molecular weight is 353 g/mol. The number of amides is 2. The van der Waals surface area contributed by atoms with Crippen molar-refractivity contribution in [1.29, 1.82) is 0 Å². The predicted octanol–water partition coefficient (Wildman–Crippen LogP) is 3.82. The van der Waals surface area contributed by atoms with E-state index in [-0.39, 0.29) is 24.3 Å². The number of halogens is 1. The highest BCUT2D eigenvalue weighted by molar-refractivity contribution is 6.31. The highest BCUT2D eigenvalue weighted by Gasteiger charge is 2.18. The number of methoxy groups -OCH3 is 1. The Kier molecular flexibility index (Phi) is 6.91. The highest BCUT2D eigenvalue weighted by atomic mass is 35.5. The summed E-state index contributed by atoms with van der Waals surface area (Å²) >= 11 is 6.05. The second kappa shape index (κ2) is 8.92. The van der Waals surface area contributed by atoms with E-state index in [1.165, 1.54) is 20.0 Å². The maximum Gasteiger partial charge on any atom is 0.233 e. The van der Waals surface area contributed by atoms with Gasteiger partial charge in [-0.1, -0.05) is 37.3 Å². The van der Waals surface area contributed by atoms with Gasteiger partial charge in [-0.2, -0.15) is 0 Å². The Labute approximate surface area is 148 Å². The van der Waals surface area contributed by atoms with Crippen LogP contribution in [0, 0.1) is 6.92 Å². The standard InChI is InChI=1S/C18H25ClN2O3/c1-12-9-15(16(24-2)10-14(12)19)21-18(23)11-17(22)20-13-7-5-3-4-6-8-13/h9-10,13H,3-8,11H2,1-2H3,(H,20,22)(H,21,23). The van der Waals surface area contributed by atoms with Crippen LogP contribution < -0.4 is 15.4 Å². The first-order chi connectivity index (χ1) is 11.5. The van der Waals surface area contributed by atoms with Gasteiger partial charge in [0, 0.05) is 17.1 Å². The zero-order valence-corrected chi connectivity index (χ0v) is 15.0. The van der Waals surface area contributed by atoms with E-state index in [9.17, 15) is 9.59 Å². The number of carbonyl (C=O) groups excluding carboxylic acids is 2. The fourth-order valence-electron chi connectivity index (χ4n) is 2.97. The van der Waals surface area contributed by atoms with Crippen LogP contribution in [0.1, 0.15) is 50.5 Å². The number of hydrogen-bond acceptors (Lipinski definition) is 3. The molecule has 1 saturated carbocycles. The number of benzene rings is 1. The molecular formula is C18H25ClN2O3. The van der Waals surface area contributed by atoms with Gasteiger partial charge >= 0.3 is 0 Å². The lowest BCUT2D eigenvalue weighted by molar-refractivity contribution is -0.127. The molecule has 2 amide bonds. The number of hydrogen-bond donors (Lipinski definition) is 2. The number of aryl methyl sites for hydroxylation is 1. The molecule has 1 aromatic carbocycles. The average Bonchev–Trinajstić information content (AvgIpc) is 2.79. The normalized spacial score (nSPS) is 15.5. The lowest BCUT2D eigenvalue weighted by atomic mass is 10.1. The van der Waals surface area contributed by atoms with Crippen molar-refractivity contribution in [2.75, 3.05) is 12.4 Å². The fraction of sp³-hybridized carbons (Fsp3) is 0.556. The van der Waals surface area contributed by atoms with Crippen molar-refractivity contribution in [2.45, 2.75) is 57.9 Å². The minimum atomic E-state index is -0.360. The second-order valence-corrected chi connectivity index (χ2v) is 6.69. The van der Waals surface area contributed by atoms with Crippen LogP contribution in [-0.4, -0.2) is 25.0 Å². The Morgan fingerprint density at radius 2 is 1.83 bits per heavy atom. The molecule has 2 rings (SSSR count). The smallest absolute Gasteiger partial charge is 0.233 e. The molecule has 0 aliphatic heterocycles. The van der Waals surface area contributed by atoms with Crippen LogP contribution in [0.25, 0.3) is 0 Å². The molecule has 5 nitrogen and oxygen atoms in total. The molecule has 132 valence electrons. The van der Waals surface area contributed by atoms with Crippen LogP contribution in [-0.2, 0) is 9.59 Å². The number of anilines is 1.